The predicted molar refractivity (Wildman–Crippen MR) is 90.8 cm³/mol. The summed E-state index contributed by atoms with van der Waals surface area (Å²) in [4.78, 5) is 4.11. The second-order valence-corrected chi connectivity index (χ2v) is 6.01. The molecule has 3 heteroatoms. The molecule has 0 radical (unpaired) electrons. The predicted octanol–water partition coefficient (Wildman–Crippen LogP) is 1.91. The highest BCUT2D eigenvalue weighted by molar-refractivity contribution is 5.58. The summed E-state index contributed by atoms with van der Waals surface area (Å²) in [5, 5.41) is 0. The summed E-state index contributed by atoms with van der Waals surface area (Å²) in [7, 11) is 1.75. The van der Waals surface area contributed by atoms with Gasteiger partial charge in [-0.3, -0.25) is 0 Å². The van der Waals surface area contributed by atoms with Crippen molar-refractivity contribution in [2.24, 2.45) is 0 Å². The van der Waals surface area contributed by atoms with Gasteiger partial charge >= 0.3 is 0 Å². The minimum absolute atomic E-state index is 0.977. The van der Waals surface area contributed by atoms with E-state index in [4.69, 9.17) is 4.74 Å². The topological polar surface area (TPSA) is 16.9 Å². The zero-order valence-electron chi connectivity index (χ0n) is 13.5. The molecule has 0 unspecified atom stereocenters. The maximum Gasteiger partial charge on any atom is 0.142 e. The molecular formula is C19H25N2O+. The van der Waals surface area contributed by atoms with E-state index in [2.05, 4.69) is 48.2 Å². The van der Waals surface area contributed by atoms with Gasteiger partial charge in [-0.25, -0.2) is 0 Å². The summed E-state index contributed by atoms with van der Waals surface area (Å²) in [5.74, 6) is 0.977. The Balaban J connectivity index is 1.62. The number of hydrogen-bond donors (Lipinski definition) is 1. The van der Waals surface area contributed by atoms with Crippen molar-refractivity contribution in [3.63, 3.8) is 0 Å². The molecule has 22 heavy (non-hydrogen) atoms. The van der Waals surface area contributed by atoms with Crippen LogP contribution in [0.1, 0.15) is 11.1 Å². The molecular weight excluding hydrogens is 272 g/mol. The minimum atomic E-state index is 0.977. The SMILES string of the molecule is COc1ccccc1N1CC[NH+](Cc2ccccc2C)CC1. The Morgan fingerprint density at radius 3 is 2.41 bits per heavy atom. The van der Waals surface area contributed by atoms with Gasteiger partial charge < -0.3 is 14.5 Å². The molecule has 1 saturated heterocycles. The second kappa shape index (κ2) is 6.84. The first kappa shape index (κ1) is 14.9. The zero-order valence-corrected chi connectivity index (χ0v) is 13.5. The van der Waals surface area contributed by atoms with E-state index >= 15 is 0 Å². The molecule has 2 aromatic carbocycles. The zero-order chi connectivity index (χ0) is 15.4. The van der Waals surface area contributed by atoms with E-state index in [1.54, 1.807) is 12.0 Å². The van der Waals surface area contributed by atoms with Gasteiger partial charge in [0.15, 0.2) is 0 Å². The highest BCUT2D eigenvalue weighted by Gasteiger charge is 2.22. The molecule has 2 aromatic rings. The first-order chi connectivity index (χ1) is 10.8. The number of para-hydroxylation sites is 2. The lowest BCUT2D eigenvalue weighted by atomic mass is 10.1. The summed E-state index contributed by atoms with van der Waals surface area (Å²) < 4.78 is 5.49. The molecule has 1 aliphatic heterocycles. The van der Waals surface area contributed by atoms with Gasteiger partial charge in [0.1, 0.15) is 12.3 Å². The van der Waals surface area contributed by atoms with Crippen LogP contribution in [0.2, 0.25) is 0 Å². The van der Waals surface area contributed by atoms with Crippen LogP contribution in [-0.4, -0.2) is 33.3 Å². The van der Waals surface area contributed by atoms with Gasteiger partial charge in [0, 0.05) is 5.56 Å². The number of nitrogens with zero attached hydrogens (tertiary/aromatic N) is 1. The standard InChI is InChI=1S/C19H24N2O/c1-16-7-3-4-8-17(16)15-20-11-13-21(14-12-20)18-9-5-6-10-19(18)22-2/h3-10H,11-15H2,1-2H3/p+1. The maximum absolute atomic E-state index is 5.49. The number of anilines is 1. The Hall–Kier alpha value is -2.00. The van der Waals surface area contributed by atoms with E-state index < -0.39 is 0 Å². The molecule has 3 nitrogen and oxygen atoms in total. The fraction of sp³-hybridized carbons (Fsp3) is 0.368. The number of methoxy groups -OCH3 is 1. The number of quaternary nitrogens is 1. The lowest BCUT2D eigenvalue weighted by molar-refractivity contribution is -0.914. The van der Waals surface area contributed by atoms with Crippen LogP contribution in [0.5, 0.6) is 5.75 Å². The van der Waals surface area contributed by atoms with Gasteiger partial charge in [0.05, 0.1) is 39.0 Å². The smallest absolute Gasteiger partial charge is 0.142 e. The van der Waals surface area contributed by atoms with Crippen LogP contribution in [0.4, 0.5) is 5.69 Å². The number of nitrogens with one attached hydrogen (secondary N) is 1. The van der Waals surface area contributed by atoms with E-state index in [9.17, 15) is 0 Å². The van der Waals surface area contributed by atoms with Crippen molar-refractivity contribution in [2.45, 2.75) is 13.5 Å². The molecule has 1 aliphatic rings. The normalized spacial score (nSPS) is 15.8. The Morgan fingerprint density at radius 2 is 1.68 bits per heavy atom. The van der Waals surface area contributed by atoms with Crippen LogP contribution in [0, 0.1) is 6.92 Å². The molecule has 1 fully saturated rings. The van der Waals surface area contributed by atoms with Crippen LogP contribution in [0.25, 0.3) is 0 Å². The van der Waals surface area contributed by atoms with E-state index in [1.165, 1.54) is 29.9 Å². The number of benzene rings is 2. The van der Waals surface area contributed by atoms with Crippen molar-refractivity contribution in [1.82, 2.24) is 0 Å². The maximum atomic E-state index is 5.49. The average molecular weight is 297 g/mol. The van der Waals surface area contributed by atoms with Gasteiger partial charge in [0.2, 0.25) is 0 Å². The van der Waals surface area contributed by atoms with E-state index in [0.29, 0.717) is 0 Å². The summed E-state index contributed by atoms with van der Waals surface area (Å²) in [5.41, 5.74) is 4.10. The summed E-state index contributed by atoms with van der Waals surface area (Å²) in [6.45, 7) is 7.86. The van der Waals surface area contributed by atoms with E-state index in [-0.39, 0.29) is 0 Å². The second-order valence-electron chi connectivity index (χ2n) is 6.01. The first-order valence-electron chi connectivity index (χ1n) is 8.04. The molecule has 3 rings (SSSR count). The highest BCUT2D eigenvalue weighted by atomic mass is 16.5. The molecule has 1 N–H and O–H groups in total. The third kappa shape index (κ3) is 3.25. The van der Waals surface area contributed by atoms with Crippen molar-refractivity contribution >= 4 is 5.69 Å². The fourth-order valence-electron chi connectivity index (χ4n) is 3.21. The van der Waals surface area contributed by atoms with Gasteiger partial charge in [0.25, 0.3) is 0 Å². The molecule has 0 saturated carbocycles. The number of rotatable bonds is 4. The van der Waals surface area contributed by atoms with E-state index in [0.717, 1.165) is 25.4 Å². The quantitative estimate of drug-likeness (QED) is 0.928. The molecule has 0 aliphatic carbocycles. The van der Waals surface area contributed by atoms with Crippen molar-refractivity contribution in [2.75, 3.05) is 38.2 Å². The molecule has 0 spiro atoms. The van der Waals surface area contributed by atoms with E-state index in [1.807, 2.05) is 12.1 Å². The molecule has 116 valence electrons. The number of aryl methyl sites for hydroxylation is 1. The molecule has 0 aromatic heterocycles. The average Bonchev–Trinajstić information content (AvgIpc) is 2.58. The summed E-state index contributed by atoms with van der Waals surface area (Å²) >= 11 is 0. The Bertz CT molecular complexity index is 618. The summed E-state index contributed by atoms with van der Waals surface area (Å²) in [6.07, 6.45) is 0. The molecule has 1 heterocycles. The van der Waals surface area contributed by atoms with Crippen LogP contribution in [0.3, 0.4) is 0 Å². The summed E-state index contributed by atoms with van der Waals surface area (Å²) in [6, 6.07) is 17.1. The Kier molecular flexibility index (Phi) is 4.64. The molecule has 0 bridgehead atoms. The van der Waals surface area contributed by atoms with Crippen molar-refractivity contribution in [3.05, 3.63) is 59.7 Å². The Morgan fingerprint density at radius 1 is 1.00 bits per heavy atom. The number of piperazine rings is 1. The van der Waals surface area contributed by atoms with Gasteiger partial charge in [-0.1, -0.05) is 36.4 Å². The largest absolute Gasteiger partial charge is 0.495 e. The third-order valence-corrected chi connectivity index (χ3v) is 4.60. The lowest BCUT2D eigenvalue weighted by Crippen LogP contribution is -3.13. The van der Waals surface area contributed by atoms with Gasteiger partial charge in [-0.05, 0) is 24.6 Å². The monoisotopic (exact) mass is 297 g/mol. The number of hydrogen-bond acceptors (Lipinski definition) is 2. The van der Waals surface area contributed by atoms with Gasteiger partial charge in [-0.2, -0.15) is 0 Å². The minimum Gasteiger partial charge on any atom is -0.495 e. The highest BCUT2D eigenvalue weighted by Crippen LogP contribution is 2.27. The lowest BCUT2D eigenvalue weighted by Gasteiger charge is -2.34. The van der Waals surface area contributed by atoms with Crippen LogP contribution in [-0.2, 0) is 6.54 Å². The van der Waals surface area contributed by atoms with Crippen LogP contribution < -0.4 is 14.5 Å². The molecule has 0 atom stereocenters. The fourth-order valence-corrected chi connectivity index (χ4v) is 3.21. The number of ether oxygens (including phenoxy) is 1. The first-order valence-corrected chi connectivity index (χ1v) is 8.04. The van der Waals surface area contributed by atoms with Crippen LogP contribution >= 0.6 is 0 Å². The Labute approximate surface area is 133 Å². The molecule has 0 amide bonds. The van der Waals surface area contributed by atoms with Crippen molar-refractivity contribution in [1.29, 1.82) is 0 Å². The van der Waals surface area contributed by atoms with Crippen molar-refractivity contribution in [3.8, 4) is 5.75 Å². The third-order valence-electron chi connectivity index (χ3n) is 4.60. The van der Waals surface area contributed by atoms with Gasteiger partial charge in [-0.15, -0.1) is 0 Å². The van der Waals surface area contributed by atoms with Crippen molar-refractivity contribution < 1.29 is 9.64 Å². The van der Waals surface area contributed by atoms with Crippen LogP contribution in [0.15, 0.2) is 48.5 Å².